The number of aromatic nitrogens is 2. The van der Waals surface area contributed by atoms with E-state index in [1.165, 1.54) is 6.42 Å². The maximum atomic E-state index is 12.3. The van der Waals surface area contributed by atoms with Crippen LogP contribution in [0.25, 0.3) is 11.0 Å². The van der Waals surface area contributed by atoms with E-state index >= 15 is 0 Å². The molecule has 1 N–H and O–H groups in total. The van der Waals surface area contributed by atoms with Gasteiger partial charge in [0.25, 0.3) is 0 Å². The van der Waals surface area contributed by atoms with Crippen molar-refractivity contribution >= 4 is 16.9 Å². The standard InChI is InChI=1S/C17H21N3O/c21-17(13-4-3-5-13)20-10-8-12(9-11-20)16-18-14-6-1-2-7-15(14)19-16/h1-2,6-7,12-13H,3-5,8-11H2,(H,18,19). The molecule has 2 aromatic rings. The number of rotatable bonds is 2. The number of para-hydroxylation sites is 2. The highest BCUT2D eigenvalue weighted by molar-refractivity contribution is 5.79. The van der Waals surface area contributed by atoms with Crippen molar-refractivity contribution in [2.75, 3.05) is 13.1 Å². The third-order valence-electron chi connectivity index (χ3n) is 5.06. The van der Waals surface area contributed by atoms with E-state index in [-0.39, 0.29) is 0 Å². The molecule has 1 amide bonds. The molecular formula is C17H21N3O. The van der Waals surface area contributed by atoms with E-state index in [0.29, 0.717) is 17.7 Å². The minimum atomic E-state index is 0.327. The van der Waals surface area contributed by atoms with Gasteiger partial charge in [0.1, 0.15) is 5.82 Å². The van der Waals surface area contributed by atoms with Crippen LogP contribution in [0.3, 0.4) is 0 Å². The van der Waals surface area contributed by atoms with Gasteiger partial charge in [-0.1, -0.05) is 18.6 Å². The van der Waals surface area contributed by atoms with Crippen molar-refractivity contribution in [3.05, 3.63) is 30.1 Å². The van der Waals surface area contributed by atoms with Crippen LogP contribution in [0.2, 0.25) is 0 Å². The van der Waals surface area contributed by atoms with Crippen LogP contribution in [0.15, 0.2) is 24.3 Å². The lowest BCUT2D eigenvalue weighted by Crippen LogP contribution is -2.43. The number of aromatic amines is 1. The second kappa shape index (κ2) is 5.17. The Morgan fingerprint density at radius 3 is 2.57 bits per heavy atom. The van der Waals surface area contributed by atoms with E-state index < -0.39 is 0 Å². The van der Waals surface area contributed by atoms with Crippen LogP contribution < -0.4 is 0 Å². The number of hydrogen-bond donors (Lipinski definition) is 1. The molecule has 4 rings (SSSR count). The molecular weight excluding hydrogens is 262 g/mol. The van der Waals surface area contributed by atoms with Gasteiger partial charge in [-0.25, -0.2) is 4.98 Å². The Hall–Kier alpha value is -1.84. The molecule has 1 saturated heterocycles. The Labute approximate surface area is 124 Å². The van der Waals surface area contributed by atoms with Crippen molar-refractivity contribution in [2.24, 2.45) is 5.92 Å². The number of piperidine rings is 1. The van der Waals surface area contributed by atoms with Gasteiger partial charge < -0.3 is 9.88 Å². The molecule has 1 aliphatic carbocycles. The number of H-pyrrole nitrogens is 1. The first kappa shape index (κ1) is 12.9. The predicted molar refractivity (Wildman–Crippen MR) is 82.0 cm³/mol. The topological polar surface area (TPSA) is 49.0 Å². The highest BCUT2D eigenvalue weighted by Gasteiger charge is 2.32. The summed E-state index contributed by atoms with van der Waals surface area (Å²) in [5, 5.41) is 0. The Morgan fingerprint density at radius 2 is 1.90 bits per heavy atom. The summed E-state index contributed by atoms with van der Waals surface area (Å²) in [6.07, 6.45) is 5.48. The first-order valence-corrected chi connectivity index (χ1v) is 8.05. The van der Waals surface area contributed by atoms with E-state index in [9.17, 15) is 4.79 Å². The number of benzene rings is 1. The van der Waals surface area contributed by atoms with Crippen molar-refractivity contribution < 1.29 is 4.79 Å². The predicted octanol–water partition coefficient (Wildman–Crippen LogP) is 3.07. The molecule has 0 spiro atoms. The van der Waals surface area contributed by atoms with Gasteiger partial charge >= 0.3 is 0 Å². The van der Waals surface area contributed by atoms with Crippen LogP contribution in [0.1, 0.15) is 43.8 Å². The van der Waals surface area contributed by atoms with E-state index in [2.05, 4.69) is 16.0 Å². The summed E-state index contributed by atoms with van der Waals surface area (Å²) in [6.45, 7) is 1.77. The molecule has 2 heterocycles. The fraction of sp³-hybridized carbons (Fsp3) is 0.529. The molecule has 0 atom stereocenters. The molecule has 2 aliphatic rings. The molecule has 1 aromatic heterocycles. The summed E-state index contributed by atoms with van der Waals surface area (Å²) >= 11 is 0. The maximum Gasteiger partial charge on any atom is 0.225 e. The first-order valence-electron chi connectivity index (χ1n) is 8.05. The van der Waals surface area contributed by atoms with E-state index in [4.69, 9.17) is 4.98 Å². The number of imidazole rings is 1. The van der Waals surface area contributed by atoms with Crippen LogP contribution in [0.5, 0.6) is 0 Å². The second-order valence-corrected chi connectivity index (χ2v) is 6.37. The van der Waals surface area contributed by atoms with Gasteiger partial charge in [-0.05, 0) is 37.8 Å². The highest BCUT2D eigenvalue weighted by atomic mass is 16.2. The van der Waals surface area contributed by atoms with Gasteiger partial charge in [-0.2, -0.15) is 0 Å². The second-order valence-electron chi connectivity index (χ2n) is 6.37. The molecule has 1 aliphatic heterocycles. The lowest BCUT2D eigenvalue weighted by atomic mass is 9.83. The third-order valence-corrected chi connectivity index (χ3v) is 5.06. The van der Waals surface area contributed by atoms with Crippen LogP contribution in [0, 0.1) is 5.92 Å². The van der Waals surface area contributed by atoms with Crippen molar-refractivity contribution in [3.63, 3.8) is 0 Å². The molecule has 0 radical (unpaired) electrons. The van der Waals surface area contributed by atoms with E-state index in [1.807, 2.05) is 18.2 Å². The molecule has 110 valence electrons. The largest absolute Gasteiger partial charge is 0.342 e. The van der Waals surface area contributed by atoms with Crippen LogP contribution in [-0.4, -0.2) is 33.9 Å². The van der Waals surface area contributed by atoms with Crippen molar-refractivity contribution in [1.29, 1.82) is 0 Å². The van der Waals surface area contributed by atoms with Crippen molar-refractivity contribution in [2.45, 2.75) is 38.0 Å². The molecule has 1 aromatic carbocycles. The Morgan fingerprint density at radius 1 is 1.14 bits per heavy atom. The van der Waals surface area contributed by atoms with E-state index in [0.717, 1.165) is 55.6 Å². The van der Waals surface area contributed by atoms with Gasteiger partial charge in [0.05, 0.1) is 11.0 Å². The van der Waals surface area contributed by atoms with Gasteiger partial charge in [-0.15, -0.1) is 0 Å². The number of nitrogens with one attached hydrogen (secondary N) is 1. The third kappa shape index (κ3) is 2.33. The Kier molecular flexibility index (Phi) is 3.17. The van der Waals surface area contributed by atoms with Crippen LogP contribution in [-0.2, 0) is 4.79 Å². The molecule has 2 fully saturated rings. The highest BCUT2D eigenvalue weighted by Crippen LogP contribution is 2.32. The van der Waals surface area contributed by atoms with Gasteiger partial charge in [-0.3, -0.25) is 4.79 Å². The number of fused-ring (bicyclic) bond motifs is 1. The van der Waals surface area contributed by atoms with Crippen molar-refractivity contribution in [3.8, 4) is 0 Å². The summed E-state index contributed by atoms with van der Waals surface area (Å²) < 4.78 is 0. The molecule has 0 bridgehead atoms. The van der Waals surface area contributed by atoms with Gasteiger partial charge in [0.15, 0.2) is 0 Å². The number of carbonyl (C=O) groups excluding carboxylic acids is 1. The first-order chi connectivity index (χ1) is 10.3. The zero-order chi connectivity index (χ0) is 14.2. The summed E-state index contributed by atoms with van der Waals surface area (Å²) in [5.74, 6) is 2.27. The summed E-state index contributed by atoms with van der Waals surface area (Å²) in [5.41, 5.74) is 2.15. The minimum absolute atomic E-state index is 0.327. The monoisotopic (exact) mass is 283 g/mol. The molecule has 21 heavy (non-hydrogen) atoms. The fourth-order valence-electron chi connectivity index (χ4n) is 3.45. The average molecular weight is 283 g/mol. The summed E-state index contributed by atoms with van der Waals surface area (Å²) in [7, 11) is 0. The van der Waals surface area contributed by atoms with Gasteiger partial charge in [0.2, 0.25) is 5.91 Å². The van der Waals surface area contributed by atoms with Crippen LogP contribution in [0.4, 0.5) is 0 Å². The smallest absolute Gasteiger partial charge is 0.225 e. The van der Waals surface area contributed by atoms with Crippen molar-refractivity contribution in [1.82, 2.24) is 14.9 Å². The molecule has 4 heteroatoms. The quantitative estimate of drug-likeness (QED) is 0.920. The van der Waals surface area contributed by atoms with E-state index in [1.54, 1.807) is 0 Å². The number of likely N-dealkylation sites (tertiary alicyclic amines) is 1. The Bertz CT molecular complexity index is 618. The van der Waals surface area contributed by atoms with Gasteiger partial charge in [0, 0.05) is 24.9 Å². The summed E-state index contributed by atoms with van der Waals surface area (Å²) in [6, 6.07) is 8.17. The number of amides is 1. The zero-order valence-electron chi connectivity index (χ0n) is 12.2. The summed E-state index contributed by atoms with van der Waals surface area (Å²) in [4.78, 5) is 22.5. The normalized spacial score (nSPS) is 20.7. The number of carbonyl (C=O) groups is 1. The molecule has 0 unspecified atom stereocenters. The number of hydrogen-bond acceptors (Lipinski definition) is 2. The SMILES string of the molecule is O=C(C1CCC1)N1CCC(c2nc3ccccc3[nH]2)CC1. The molecule has 1 saturated carbocycles. The lowest BCUT2D eigenvalue weighted by molar-refractivity contribution is -0.139. The average Bonchev–Trinajstić information content (AvgIpc) is 2.89. The van der Waals surface area contributed by atoms with Crippen LogP contribution >= 0.6 is 0 Å². The number of nitrogens with zero attached hydrogens (tertiary/aromatic N) is 2. The lowest BCUT2D eigenvalue weighted by Gasteiger charge is -2.36. The fourth-order valence-corrected chi connectivity index (χ4v) is 3.45. The molecule has 4 nitrogen and oxygen atoms in total. The Balaban J connectivity index is 1.43. The minimum Gasteiger partial charge on any atom is -0.342 e. The zero-order valence-corrected chi connectivity index (χ0v) is 12.2. The maximum absolute atomic E-state index is 12.3.